The molecule has 0 bridgehead atoms. The van der Waals surface area contributed by atoms with Crippen molar-refractivity contribution in [2.24, 2.45) is 0 Å². The highest BCUT2D eigenvalue weighted by Crippen LogP contribution is 2.26. The average molecular weight is 408 g/mol. The van der Waals surface area contributed by atoms with Crippen LogP contribution in [0.1, 0.15) is 5.56 Å². The molecule has 0 aliphatic carbocycles. The molecule has 3 rings (SSSR count). The lowest BCUT2D eigenvalue weighted by Gasteiger charge is -2.07. The number of carbonyl (C=O) groups is 1. The van der Waals surface area contributed by atoms with E-state index in [-0.39, 0.29) is 18.3 Å². The van der Waals surface area contributed by atoms with Crippen LogP contribution in [0.5, 0.6) is 5.75 Å². The Morgan fingerprint density at radius 3 is 2.88 bits per heavy atom. The number of halogens is 1. The molecular formula is C17H14BrNO4S. The van der Waals surface area contributed by atoms with Gasteiger partial charge in [0, 0.05) is 0 Å². The number of oxazole rings is 1. The summed E-state index contributed by atoms with van der Waals surface area (Å²) in [5, 5.41) is 0.459. The minimum atomic E-state index is -0.325. The lowest BCUT2D eigenvalue weighted by atomic mass is 10.2. The topological polar surface area (TPSA) is 61.6 Å². The van der Waals surface area contributed by atoms with Crippen LogP contribution in [0.3, 0.4) is 0 Å². The summed E-state index contributed by atoms with van der Waals surface area (Å²) in [5.41, 5.74) is 2.36. The van der Waals surface area contributed by atoms with Crippen LogP contribution in [-0.2, 0) is 16.1 Å². The van der Waals surface area contributed by atoms with E-state index in [1.807, 2.05) is 42.5 Å². The Balaban J connectivity index is 1.51. The molecule has 7 heteroatoms. The van der Waals surface area contributed by atoms with E-state index in [1.54, 1.807) is 7.11 Å². The summed E-state index contributed by atoms with van der Waals surface area (Å²) in [6, 6.07) is 13.0. The molecule has 1 aromatic heterocycles. The number of para-hydroxylation sites is 2. The van der Waals surface area contributed by atoms with Gasteiger partial charge in [-0.3, -0.25) is 4.79 Å². The molecule has 0 aliphatic rings. The number of aromatic nitrogens is 1. The first kappa shape index (κ1) is 16.9. The van der Waals surface area contributed by atoms with Crippen LogP contribution in [0.25, 0.3) is 11.1 Å². The van der Waals surface area contributed by atoms with Crippen molar-refractivity contribution in [1.82, 2.24) is 4.98 Å². The third-order valence-electron chi connectivity index (χ3n) is 3.20. The zero-order chi connectivity index (χ0) is 16.9. The molecule has 0 unspecified atom stereocenters. The number of ether oxygens (including phenoxy) is 2. The van der Waals surface area contributed by atoms with Crippen molar-refractivity contribution in [3.8, 4) is 5.75 Å². The lowest BCUT2D eigenvalue weighted by Crippen LogP contribution is -2.07. The van der Waals surface area contributed by atoms with Gasteiger partial charge in [0.2, 0.25) is 0 Å². The monoisotopic (exact) mass is 407 g/mol. The summed E-state index contributed by atoms with van der Waals surface area (Å²) in [6.45, 7) is 0.204. The number of esters is 1. The van der Waals surface area contributed by atoms with E-state index in [4.69, 9.17) is 13.9 Å². The minimum absolute atomic E-state index is 0.143. The van der Waals surface area contributed by atoms with E-state index >= 15 is 0 Å². The highest BCUT2D eigenvalue weighted by molar-refractivity contribution is 9.10. The van der Waals surface area contributed by atoms with Gasteiger partial charge in [0.25, 0.3) is 5.22 Å². The minimum Gasteiger partial charge on any atom is -0.496 e. The van der Waals surface area contributed by atoms with Gasteiger partial charge in [-0.15, -0.1) is 0 Å². The van der Waals surface area contributed by atoms with Crippen molar-refractivity contribution in [3.63, 3.8) is 0 Å². The van der Waals surface area contributed by atoms with Crippen molar-refractivity contribution in [1.29, 1.82) is 0 Å². The Hall–Kier alpha value is -1.99. The first-order chi connectivity index (χ1) is 11.7. The third kappa shape index (κ3) is 4.10. The van der Waals surface area contributed by atoms with Crippen molar-refractivity contribution in [2.45, 2.75) is 11.8 Å². The number of hydrogen-bond donors (Lipinski definition) is 0. The Bertz CT molecular complexity index is 832. The van der Waals surface area contributed by atoms with Gasteiger partial charge in [-0.25, -0.2) is 4.98 Å². The maximum atomic E-state index is 11.9. The predicted octanol–water partition coefficient (Wildman–Crippen LogP) is 4.43. The van der Waals surface area contributed by atoms with Gasteiger partial charge < -0.3 is 13.9 Å². The molecule has 5 nitrogen and oxygen atoms in total. The second-order valence-electron chi connectivity index (χ2n) is 4.87. The van der Waals surface area contributed by atoms with E-state index in [0.29, 0.717) is 10.8 Å². The summed E-state index contributed by atoms with van der Waals surface area (Å²) in [6.07, 6.45) is 0. The maximum Gasteiger partial charge on any atom is 0.316 e. The van der Waals surface area contributed by atoms with Crippen molar-refractivity contribution >= 4 is 44.8 Å². The Morgan fingerprint density at radius 1 is 1.29 bits per heavy atom. The van der Waals surface area contributed by atoms with Crippen LogP contribution in [0.2, 0.25) is 0 Å². The van der Waals surface area contributed by atoms with Crippen LogP contribution in [0.4, 0.5) is 0 Å². The number of rotatable bonds is 6. The normalized spacial score (nSPS) is 10.8. The highest BCUT2D eigenvalue weighted by Gasteiger charge is 2.10. The van der Waals surface area contributed by atoms with Gasteiger partial charge in [0.15, 0.2) is 5.58 Å². The summed E-state index contributed by atoms with van der Waals surface area (Å²) in [4.78, 5) is 16.2. The van der Waals surface area contributed by atoms with Crippen molar-refractivity contribution < 1.29 is 18.7 Å². The molecule has 0 radical (unpaired) electrons. The first-order valence-electron chi connectivity index (χ1n) is 7.12. The van der Waals surface area contributed by atoms with E-state index in [2.05, 4.69) is 20.9 Å². The molecule has 2 aromatic carbocycles. The van der Waals surface area contributed by atoms with E-state index in [0.717, 1.165) is 21.3 Å². The summed E-state index contributed by atoms with van der Waals surface area (Å²) in [5.74, 6) is 0.551. The standard InChI is InChI=1S/C17H14BrNO4S/c1-21-14-7-6-11(8-12(14)18)9-22-16(20)10-24-17-19-13-4-2-3-5-15(13)23-17/h2-8H,9-10H2,1H3. The van der Waals surface area contributed by atoms with E-state index in [1.165, 1.54) is 11.8 Å². The van der Waals surface area contributed by atoms with Gasteiger partial charge in [-0.2, -0.15) is 0 Å². The fraction of sp³-hybridized carbons (Fsp3) is 0.176. The summed E-state index contributed by atoms with van der Waals surface area (Å²) < 4.78 is 16.8. The quantitative estimate of drug-likeness (QED) is 0.444. The van der Waals surface area contributed by atoms with E-state index < -0.39 is 0 Å². The molecule has 1 heterocycles. The molecule has 124 valence electrons. The van der Waals surface area contributed by atoms with Gasteiger partial charge in [0.05, 0.1) is 11.6 Å². The van der Waals surface area contributed by atoms with Crippen LogP contribution in [0.15, 0.2) is 56.6 Å². The Labute approximate surface area is 151 Å². The van der Waals surface area contributed by atoms with Crippen LogP contribution < -0.4 is 4.74 Å². The summed E-state index contributed by atoms with van der Waals surface area (Å²) >= 11 is 4.62. The zero-order valence-electron chi connectivity index (χ0n) is 12.8. The molecule has 0 fully saturated rings. The molecular weight excluding hydrogens is 394 g/mol. The maximum absolute atomic E-state index is 11.9. The second-order valence-corrected chi connectivity index (χ2v) is 6.65. The number of carbonyl (C=O) groups excluding carboxylic acids is 1. The molecule has 0 atom stereocenters. The molecule has 0 aliphatic heterocycles. The molecule has 24 heavy (non-hydrogen) atoms. The number of fused-ring (bicyclic) bond motifs is 1. The van der Waals surface area contributed by atoms with Gasteiger partial charge in [-0.05, 0) is 45.8 Å². The average Bonchev–Trinajstić information content (AvgIpc) is 3.01. The predicted molar refractivity (Wildman–Crippen MR) is 95.2 cm³/mol. The van der Waals surface area contributed by atoms with Gasteiger partial charge >= 0.3 is 5.97 Å². The fourth-order valence-electron chi connectivity index (χ4n) is 2.04. The van der Waals surface area contributed by atoms with Gasteiger partial charge in [-0.1, -0.05) is 30.0 Å². The smallest absolute Gasteiger partial charge is 0.316 e. The molecule has 0 saturated carbocycles. The van der Waals surface area contributed by atoms with E-state index in [9.17, 15) is 4.79 Å². The highest BCUT2D eigenvalue weighted by atomic mass is 79.9. The molecule has 3 aromatic rings. The first-order valence-corrected chi connectivity index (χ1v) is 8.90. The largest absolute Gasteiger partial charge is 0.496 e. The van der Waals surface area contributed by atoms with Crippen molar-refractivity contribution in [2.75, 3.05) is 12.9 Å². The molecule has 0 spiro atoms. The Kier molecular flexibility index (Phi) is 5.42. The fourth-order valence-corrected chi connectivity index (χ4v) is 3.26. The number of methoxy groups -OCH3 is 1. The van der Waals surface area contributed by atoms with Crippen molar-refractivity contribution in [3.05, 3.63) is 52.5 Å². The Morgan fingerprint density at radius 2 is 2.12 bits per heavy atom. The van der Waals surface area contributed by atoms with Crippen LogP contribution >= 0.6 is 27.7 Å². The van der Waals surface area contributed by atoms with Crippen LogP contribution in [-0.4, -0.2) is 23.8 Å². The van der Waals surface area contributed by atoms with Gasteiger partial charge in [0.1, 0.15) is 23.6 Å². The number of benzene rings is 2. The summed E-state index contributed by atoms with van der Waals surface area (Å²) in [7, 11) is 1.60. The van der Waals surface area contributed by atoms with Crippen LogP contribution in [0, 0.1) is 0 Å². The number of nitrogens with zero attached hydrogens (tertiary/aromatic N) is 1. The SMILES string of the molecule is COc1ccc(COC(=O)CSc2nc3ccccc3o2)cc1Br. The third-order valence-corrected chi connectivity index (χ3v) is 4.63. The number of thioether (sulfide) groups is 1. The molecule has 0 amide bonds. The molecule has 0 N–H and O–H groups in total. The number of hydrogen-bond acceptors (Lipinski definition) is 6. The zero-order valence-corrected chi connectivity index (χ0v) is 15.2. The lowest BCUT2D eigenvalue weighted by molar-refractivity contribution is -0.141. The molecule has 0 saturated heterocycles. The second kappa shape index (κ2) is 7.72.